The number of rotatable bonds is 7. The first-order chi connectivity index (χ1) is 12.1. The van der Waals surface area contributed by atoms with Crippen molar-refractivity contribution in [2.45, 2.75) is 63.6 Å². The lowest BCUT2D eigenvalue weighted by Crippen LogP contribution is -2.40. The molecule has 0 unspecified atom stereocenters. The predicted molar refractivity (Wildman–Crippen MR) is 99.1 cm³/mol. The fraction of sp³-hybridized carbons (Fsp3) is 0.455. The van der Waals surface area contributed by atoms with Gasteiger partial charge in [-0.25, -0.2) is 0 Å². The van der Waals surface area contributed by atoms with Gasteiger partial charge in [0.15, 0.2) is 6.29 Å². The van der Waals surface area contributed by atoms with Gasteiger partial charge >= 0.3 is 0 Å². The number of hydrogen-bond acceptors (Lipinski definition) is 3. The van der Waals surface area contributed by atoms with E-state index in [1.54, 1.807) is 0 Å². The van der Waals surface area contributed by atoms with Crippen LogP contribution >= 0.6 is 0 Å². The number of aliphatic hydroxyl groups is 1. The van der Waals surface area contributed by atoms with E-state index < -0.39 is 11.9 Å². The molecule has 25 heavy (non-hydrogen) atoms. The molecule has 0 bridgehead atoms. The highest BCUT2D eigenvalue weighted by Gasteiger charge is 2.46. The average Bonchev–Trinajstić information content (AvgIpc) is 3.10. The zero-order valence-corrected chi connectivity index (χ0v) is 15.1. The lowest BCUT2D eigenvalue weighted by atomic mass is 9.98. The van der Waals surface area contributed by atoms with E-state index in [0.29, 0.717) is 6.42 Å². The Kier molecular flexibility index (Phi) is 5.89. The number of hydrogen-bond donors (Lipinski definition) is 1. The molecule has 3 atom stereocenters. The van der Waals surface area contributed by atoms with E-state index in [-0.39, 0.29) is 12.2 Å². The summed E-state index contributed by atoms with van der Waals surface area (Å²) in [4.78, 5) is 0. The normalized spacial score (nSPS) is 23.5. The van der Waals surface area contributed by atoms with Gasteiger partial charge in [0.05, 0.1) is 0 Å². The lowest BCUT2D eigenvalue weighted by molar-refractivity contribution is -0.189. The monoisotopic (exact) mass is 340 g/mol. The van der Waals surface area contributed by atoms with Gasteiger partial charge in [-0.15, -0.1) is 0 Å². The molecule has 0 aromatic heterocycles. The van der Waals surface area contributed by atoms with Crippen molar-refractivity contribution in [3.05, 3.63) is 71.8 Å². The molecule has 2 aromatic rings. The molecule has 0 amide bonds. The number of unbranched alkanes of at least 4 members (excludes halogenated alkanes) is 2. The summed E-state index contributed by atoms with van der Waals surface area (Å²) in [5.74, 6) is 0. The van der Waals surface area contributed by atoms with Gasteiger partial charge in [0.2, 0.25) is 0 Å². The summed E-state index contributed by atoms with van der Waals surface area (Å²) in [6.07, 6.45) is 2.82. The van der Waals surface area contributed by atoms with Crippen LogP contribution in [-0.2, 0) is 9.47 Å². The Morgan fingerprint density at radius 2 is 1.32 bits per heavy atom. The second kappa shape index (κ2) is 8.13. The molecule has 134 valence electrons. The molecule has 1 saturated heterocycles. The van der Waals surface area contributed by atoms with E-state index in [1.807, 2.05) is 43.3 Å². The van der Waals surface area contributed by atoms with Crippen LogP contribution < -0.4 is 0 Å². The van der Waals surface area contributed by atoms with Crippen molar-refractivity contribution in [2.75, 3.05) is 0 Å². The quantitative estimate of drug-likeness (QED) is 0.706. The molecule has 0 radical (unpaired) electrons. The summed E-state index contributed by atoms with van der Waals surface area (Å²) in [6.45, 7) is 3.98. The second-order valence-corrected chi connectivity index (χ2v) is 7.08. The van der Waals surface area contributed by atoms with Gasteiger partial charge in [0, 0.05) is 0 Å². The summed E-state index contributed by atoms with van der Waals surface area (Å²) in [5, 5.41) is 10.9. The third kappa shape index (κ3) is 4.30. The molecule has 3 nitrogen and oxygen atoms in total. The molecular formula is C22H28O3. The topological polar surface area (TPSA) is 38.7 Å². The van der Waals surface area contributed by atoms with Gasteiger partial charge in [-0.05, 0) is 24.5 Å². The van der Waals surface area contributed by atoms with E-state index in [4.69, 9.17) is 9.47 Å². The Morgan fingerprint density at radius 1 is 0.840 bits per heavy atom. The van der Waals surface area contributed by atoms with E-state index >= 15 is 0 Å². The Morgan fingerprint density at radius 3 is 1.76 bits per heavy atom. The minimum atomic E-state index is -0.994. The summed E-state index contributed by atoms with van der Waals surface area (Å²) >= 11 is 0. The van der Waals surface area contributed by atoms with E-state index in [1.165, 1.54) is 0 Å². The molecule has 2 aromatic carbocycles. The third-order valence-electron chi connectivity index (χ3n) is 4.87. The molecular weight excluding hydrogens is 312 g/mol. The Bertz CT molecular complexity index is 591. The summed E-state index contributed by atoms with van der Waals surface area (Å²) in [5.41, 5.74) is 1.15. The van der Waals surface area contributed by atoms with Gasteiger partial charge in [0.25, 0.3) is 0 Å². The fourth-order valence-corrected chi connectivity index (χ4v) is 3.38. The van der Waals surface area contributed by atoms with Crippen LogP contribution in [0.1, 0.15) is 62.9 Å². The highest BCUT2D eigenvalue weighted by atomic mass is 16.7. The van der Waals surface area contributed by atoms with Crippen LogP contribution in [0.15, 0.2) is 60.7 Å². The molecule has 0 saturated carbocycles. The fourth-order valence-electron chi connectivity index (χ4n) is 3.38. The smallest absolute Gasteiger partial charge is 0.187 e. The van der Waals surface area contributed by atoms with Gasteiger partial charge in [-0.1, -0.05) is 86.8 Å². The van der Waals surface area contributed by atoms with Gasteiger partial charge in [-0.3, -0.25) is 0 Å². The predicted octanol–water partition coefficient (Wildman–Crippen LogP) is 5.17. The maximum Gasteiger partial charge on any atom is 0.187 e. The van der Waals surface area contributed by atoms with Crippen LogP contribution in [0.5, 0.6) is 0 Å². The zero-order valence-electron chi connectivity index (χ0n) is 15.1. The van der Waals surface area contributed by atoms with Crippen LogP contribution in [-0.4, -0.2) is 17.0 Å². The minimum absolute atomic E-state index is 0.216. The Hall–Kier alpha value is -1.68. The molecule has 3 rings (SSSR count). The van der Waals surface area contributed by atoms with Crippen molar-refractivity contribution in [2.24, 2.45) is 0 Å². The maximum absolute atomic E-state index is 10.9. The minimum Gasteiger partial charge on any atom is -0.385 e. The first-order valence-electron chi connectivity index (χ1n) is 9.25. The molecule has 1 aliphatic heterocycles. The summed E-state index contributed by atoms with van der Waals surface area (Å²) in [6, 6.07) is 20.2. The zero-order chi connectivity index (χ0) is 17.7. The SMILES string of the molecule is CCCCC[C@@](C)(O)C1O[C@@H](c2ccccc2)[C@H](c2ccccc2)O1. The second-order valence-electron chi connectivity index (χ2n) is 7.08. The van der Waals surface area contributed by atoms with E-state index in [9.17, 15) is 5.11 Å². The molecule has 1 fully saturated rings. The van der Waals surface area contributed by atoms with Crippen LogP contribution in [0.3, 0.4) is 0 Å². The maximum atomic E-state index is 10.9. The molecule has 0 spiro atoms. The first-order valence-corrected chi connectivity index (χ1v) is 9.25. The molecule has 1 aliphatic rings. The van der Waals surface area contributed by atoms with E-state index in [2.05, 4.69) is 31.2 Å². The van der Waals surface area contributed by atoms with Crippen LogP contribution in [0.25, 0.3) is 0 Å². The van der Waals surface area contributed by atoms with Crippen LogP contribution in [0, 0.1) is 0 Å². The van der Waals surface area contributed by atoms with Crippen molar-refractivity contribution in [3.8, 4) is 0 Å². The largest absolute Gasteiger partial charge is 0.385 e. The standard InChI is InChI=1S/C22H28O3/c1-3-4-11-16-22(2,23)21-24-19(17-12-7-5-8-13-17)20(25-21)18-14-9-6-10-15-18/h5-10,12-15,19-21,23H,3-4,11,16H2,1-2H3/t19-,20-,22+/m0/s1. The van der Waals surface area contributed by atoms with Gasteiger partial charge in [-0.2, -0.15) is 0 Å². The number of benzene rings is 2. The Balaban J connectivity index is 1.83. The molecule has 1 heterocycles. The first kappa shape index (κ1) is 18.1. The lowest BCUT2D eigenvalue weighted by Gasteiger charge is -2.28. The van der Waals surface area contributed by atoms with Crippen molar-refractivity contribution >= 4 is 0 Å². The van der Waals surface area contributed by atoms with Crippen molar-refractivity contribution in [1.29, 1.82) is 0 Å². The van der Waals surface area contributed by atoms with Crippen molar-refractivity contribution in [1.82, 2.24) is 0 Å². The van der Waals surface area contributed by atoms with Crippen molar-refractivity contribution in [3.63, 3.8) is 0 Å². The summed E-state index contributed by atoms with van der Waals surface area (Å²) in [7, 11) is 0. The number of ether oxygens (including phenoxy) is 2. The van der Waals surface area contributed by atoms with Gasteiger partial charge < -0.3 is 14.6 Å². The van der Waals surface area contributed by atoms with E-state index in [0.717, 1.165) is 30.4 Å². The molecule has 0 aliphatic carbocycles. The van der Waals surface area contributed by atoms with Crippen LogP contribution in [0.2, 0.25) is 0 Å². The highest BCUT2D eigenvalue weighted by molar-refractivity contribution is 5.26. The molecule has 3 heteroatoms. The third-order valence-corrected chi connectivity index (χ3v) is 4.87. The molecule has 1 N–H and O–H groups in total. The Labute approximate surface area is 150 Å². The highest BCUT2D eigenvalue weighted by Crippen LogP contribution is 2.45. The van der Waals surface area contributed by atoms with Crippen LogP contribution in [0.4, 0.5) is 0 Å². The average molecular weight is 340 g/mol. The van der Waals surface area contributed by atoms with Gasteiger partial charge in [0.1, 0.15) is 17.8 Å². The summed E-state index contributed by atoms with van der Waals surface area (Å²) < 4.78 is 12.5. The van der Waals surface area contributed by atoms with Crippen molar-refractivity contribution < 1.29 is 14.6 Å².